The zero-order valence-electron chi connectivity index (χ0n) is 14.1. The molecular formula is C17H21N3O3S2. The van der Waals surface area contributed by atoms with Gasteiger partial charge in [0.25, 0.3) is 5.91 Å². The number of nitrogens with zero attached hydrogens (tertiary/aromatic N) is 3. The number of piperidine rings is 1. The number of carboxylic acid groups (broad SMARTS) is 1. The molecule has 0 saturated carbocycles. The first-order chi connectivity index (χ1) is 12.0. The Balaban J connectivity index is 1.55. The van der Waals surface area contributed by atoms with Crippen LogP contribution in [0.15, 0.2) is 6.07 Å². The number of carbonyl (C=O) groups is 2. The molecule has 0 radical (unpaired) electrons. The van der Waals surface area contributed by atoms with Crippen molar-refractivity contribution in [2.24, 2.45) is 5.92 Å². The van der Waals surface area contributed by atoms with Gasteiger partial charge in [-0.1, -0.05) is 11.3 Å². The van der Waals surface area contributed by atoms with Crippen molar-refractivity contribution in [2.75, 3.05) is 24.5 Å². The maximum absolute atomic E-state index is 12.9. The van der Waals surface area contributed by atoms with Gasteiger partial charge in [-0.3, -0.25) is 9.59 Å². The van der Waals surface area contributed by atoms with Crippen LogP contribution in [0.25, 0.3) is 9.53 Å². The summed E-state index contributed by atoms with van der Waals surface area (Å²) >= 11 is 3.07. The predicted octanol–water partition coefficient (Wildman–Crippen LogP) is 3.28. The van der Waals surface area contributed by atoms with Gasteiger partial charge in [-0.25, -0.2) is 4.98 Å². The van der Waals surface area contributed by atoms with Gasteiger partial charge in [0, 0.05) is 25.7 Å². The standard InChI is InChI=1S/C17H21N3O3S2/c1-10-11(16(22)23)5-4-8-20(10)15(21)13-9-12-14(24-13)18-17(25-12)19-6-2-3-7-19/h9-11H,2-8H2,1H3,(H,22,23)/t10-,11-/m1/s1. The van der Waals surface area contributed by atoms with E-state index < -0.39 is 11.9 Å². The monoisotopic (exact) mass is 379 g/mol. The molecule has 2 aromatic rings. The van der Waals surface area contributed by atoms with Gasteiger partial charge >= 0.3 is 5.97 Å². The number of anilines is 1. The maximum Gasteiger partial charge on any atom is 0.308 e. The summed E-state index contributed by atoms with van der Waals surface area (Å²) in [6.07, 6.45) is 3.81. The molecule has 0 unspecified atom stereocenters. The Bertz CT molecular complexity index is 778. The van der Waals surface area contributed by atoms with Crippen LogP contribution in [-0.4, -0.2) is 52.5 Å². The Morgan fingerprint density at radius 1 is 1.20 bits per heavy atom. The summed E-state index contributed by atoms with van der Waals surface area (Å²) in [6.45, 7) is 4.60. The molecule has 0 spiro atoms. The summed E-state index contributed by atoms with van der Waals surface area (Å²) in [4.78, 5) is 34.6. The van der Waals surface area contributed by atoms with Crippen molar-refractivity contribution in [3.8, 4) is 0 Å². The van der Waals surface area contributed by atoms with Crippen molar-refractivity contribution in [1.29, 1.82) is 0 Å². The molecular weight excluding hydrogens is 358 g/mol. The molecule has 8 heteroatoms. The number of thiophene rings is 1. The summed E-state index contributed by atoms with van der Waals surface area (Å²) in [7, 11) is 0. The zero-order valence-corrected chi connectivity index (χ0v) is 15.7. The van der Waals surface area contributed by atoms with Crippen molar-refractivity contribution in [2.45, 2.75) is 38.6 Å². The molecule has 1 amide bonds. The lowest BCUT2D eigenvalue weighted by Crippen LogP contribution is -2.48. The Hall–Kier alpha value is -1.67. The van der Waals surface area contributed by atoms with E-state index in [0.717, 1.165) is 34.2 Å². The molecule has 0 aliphatic carbocycles. The van der Waals surface area contributed by atoms with Crippen LogP contribution in [0, 0.1) is 5.92 Å². The van der Waals surface area contributed by atoms with Gasteiger partial charge in [0.15, 0.2) is 5.13 Å². The SMILES string of the molecule is C[C@@H]1[C@H](C(=O)O)CCCN1C(=O)c1cc2sc(N3CCCC3)nc2s1. The molecule has 2 fully saturated rings. The van der Waals surface area contributed by atoms with Gasteiger partial charge in [0.05, 0.1) is 15.5 Å². The highest BCUT2D eigenvalue weighted by Crippen LogP contribution is 2.37. The third kappa shape index (κ3) is 3.01. The van der Waals surface area contributed by atoms with E-state index in [-0.39, 0.29) is 11.9 Å². The number of hydrogen-bond donors (Lipinski definition) is 1. The van der Waals surface area contributed by atoms with Crippen molar-refractivity contribution in [3.63, 3.8) is 0 Å². The number of likely N-dealkylation sites (tertiary alicyclic amines) is 1. The normalized spacial score (nSPS) is 24.2. The third-order valence-electron chi connectivity index (χ3n) is 5.23. The zero-order chi connectivity index (χ0) is 17.6. The number of fused-ring (bicyclic) bond motifs is 1. The lowest BCUT2D eigenvalue weighted by Gasteiger charge is -2.37. The smallest absolute Gasteiger partial charge is 0.308 e. The second-order valence-electron chi connectivity index (χ2n) is 6.80. The quantitative estimate of drug-likeness (QED) is 0.886. The minimum atomic E-state index is -0.811. The molecule has 4 heterocycles. The number of thiazole rings is 1. The van der Waals surface area contributed by atoms with Crippen molar-refractivity contribution in [1.82, 2.24) is 9.88 Å². The highest BCUT2D eigenvalue weighted by Gasteiger charge is 2.36. The van der Waals surface area contributed by atoms with E-state index >= 15 is 0 Å². The molecule has 1 N–H and O–H groups in total. The predicted molar refractivity (Wildman–Crippen MR) is 99.8 cm³/mol. The van der Waals surface area contributed by atoms with Crippen molar-refractivity contribution in [3.05, 3.63) is 10.9 Å². The van der Waals surface area contributed by atoms with Gasteiger partial charge in [-0.15, -0.1) is 11.3 Å². The Morgan fingerprint density at radius 2 is 1.96 bits per heavy atom. The molecule has 2 atom stereocenters. The number of rotatable bonds is 3. The topological polar surface area (TPSA) is 73.7 Å². The molecule has 4 rings (SSSR count). The van der Waals surface area contributed by atoms with Crippen LogP contribution in [0.2, 0.25) is 0 Å². The van der Waals surface area contributed by atoms with E-state index in [1.165, 1.54) is 24.2 Å². The number of aromatic nitrogens is 1. The van der Waals surface area contributed by atoms with Gasteiger partial charge in [-0.2, -0.15) is 0 Å². The second-order valence-corrected chi connectivity index (χ2v) is 8.84. The minimum Gasteiger partial charge on any atom is -0.481 e. The summed E-state index contributed by atoms with van der Waals surface area (Å²) in [5.41, 5.74) is 0. The Labute approximate surface area is 154 Å². The fourth-order valence-corrected chi connectivity index (χ4v) is 5.99. The first-order valence-electron chi connectivity index (χ1n) is 8.73. The Morgan fingerprint density at radius 3 is 2.64 bits per heavy atom. The number of aliphatic carboxylic acids is 1. The number of carbonyl (C=O) groups excluding carboxylic acids is 1. The van der Waals surface area contributed by atoms with Crippen LogP contribution < -0.4 is 4.90 Å². The maximum atomic E-state index is 12.9. The van der Waals surface area contributed by atoms with E-state index in [1.54, 1.807) is 16.2 Å². The van der Waals surface area contributed by atoms with Crippen LogP contribution in [-0.2, 0) is 4.79 Å². The van der Waals surface area contributed by atoms with Gasteiger partial charge < -0.3 is 14.9 Å². The van der Waals surface area contributed by atoms with Gasteiger partial charge in [0.1, 0.15) is 4.83 Å². The third-order valence-corrected chi connectivity index (χ3v) is 7.44. The first kappa shape index (κ1) is 16.8. The summed E-state index contributed by atoms with van der Waals surface area (Å²) in [5.74, 6) is -1.34. The van der Waals surface area contributed by atoms with Crippen LogP contribution >= 0.6 is 22.7 Å². The molecule has 25 heavy (non-hydrogen) atoms. The van der Waals surface area contributed by atoms with Crippen LogP contribution in [0.5, 0.6) is 0 Å². The molecule has 2 aromatic heterocycles. The minimum absolute atomic E-state index is 0.0589. The lowest BCUT2D eigenvalue weighted by molar-refractivity contribution is -0.144. The fraction of sp³-hybridized carbons (Fsp3) is 0.588. The number of hydrogen-bond acceptors (Lipinski definition) is 6. The molecule has 134 valence electrons. The lowest BCUT2D eigenvalue weighted by atomic mass is 9.90. The highest BCUT2D eigenvalue weighted by atomic mass is 32.1. The van der Waals surface area contributed by atoms with E-state index in [1.807, 2.05) is 13.0 Å². The molecule has 2 saturated heterocycles. The number of amides is 1. The summed E-state index contributed by atoms with van der Waals surface area (Å²) in [6, 6.07) is 1.66. The van der Waals surface area contributed by atoms with Gasteiger partial charge in [0.2, 0.25) is 0 Å². The van der Waals surface area contributed by atoms with Crippen molar-refractivity contribution >= 4 is 49.2 Å². The van der Waals surface area contributed by atoms with Gasteiger partial charge in [-0.05, 0) is 38.7 Å². The second kappa shape index (κ2) is 6.57. The van der Waals surface area contributed by atoms with E-state index in [0.29, 0.717) is 17.8 Å². The molecule has 0 aromatic carbocycles. The van der Waals surface area contributed by atoms with Crippen LogP contribution in [0.3, 0.4) is 0 Å². The largest absolute Gasteiger partial charge is 0.481 e. The van der Waals surface area contributed by atoms with Crippen molar-refractivity contribution < 1.29 is 14.7 Å². The fourth-order valence-electron chi connectivity index (χ4n) is 3.77. The van der Waals surface area contributed by atoms with E-state index in [4.69, 9.17) is 4.98 Å². The van der Waals surface area contributed by atoms with Crippen LogP contribution in [0.1, 0.15) is 42.3 Å². The highest BCUT2D eigenvalue weighted by molar-refractivity contribution is 7.29. The Kier molecular flexibility index (Phi) is 4.41. The molecule has 6 nitrogen and oxygen atoms in total. The summed E-state index contributed by atoms with van der Waals surface area (Å²) < 4.78 is 1.05. The first-order valence-corrected chi connectivity index (χ1v) is 10.4. The van der Waals surface area contributed by atoms with E-state index in [2.05, 4.69) is 4.90 Å². The molecule has 0 bridgehead atoms. The average molecular weight is 380 g/mol. The van der Waals surface area contributed by atoms with E-state index in [9.17, 15) is 14.7 Å². The molecule has 2 aliphatic heterocycles. The number of carboxylic acids is 1. The molecule has 2 aliphatic rings. The average Bonchev–Trinajstić information content (AvgIpc) is 3.29. The van der Waals surface area contributed by atoms with Crippen LogP contribution in [0.4, 0.5) is 5.13 Å². The summed E-state index contributed by atoms with van der Waals surface area (Å²) in [5, 5.41) is 10.4.